The first-order valence-corrected chi connectivity index (χ1v) is 5.84. The van der Waals surface area contributed by atoms with Crippen LogP contribution in [0.25, 0.3) is 0 Å². The van der Waals surface area contributed by atoms with Crippen molar-refractivity contribution in [3.8, 4) is 0 Å². The van der Waals surface area contributed by atoms with Gasteiger partial charge in [0.2, 0.25) is 5.95 Å². The van der Waals surface area contributed by atoms with Gasteiger partial charge in [0.25, 0.3) is 0 Å². The quantitative estimate of drug-likeness (QED) is 0.823. The molecular weight excluding hydrogens is 258 g/mol. The summed E-state index contributed by atoms with van der Waals surface area (Å²) < 4.78 is 6.23. The molecule has 1 saturated heterocycles. The number of methoxy groups -OCH3 is 1. The molecule has 1 aliphatic rings. The maximum Gasteiger partial charge on any atom is 0.225 e. The first-order chi connectivity index (χ1) is 7.29. The Labute approximate surface area is 97.8 Å². The monoisotopic (exact) mass is 271 g/mol. The largest absolute Gasteiger partial charge is 0.381 e. The number of nitrogens with zero attached hydrogens (tertiary/aromatic N) is 3. The molecule has 15 heavy (non-hydrogen) atoms. The summed E-state index contributed by atoms with van der Waals surface area (Å²) in [4.78, 5) is 10.8. The summed E-state index contributed by atoms with van der Waals surface area (Å²) in [5.74, 6) is 0.813. The van der Waals surface area contributed by atoms with Crippen molar-refractivity contribution in [3.05, 3.63) is 16.9 Å². The Kier molecular flexibility index (Phi) is 3.53. The molecule has 1 aromatic heterocycles. The van der Waals surface area contributed by atoms with E-state index >= 15 is 0 Å². The van der Waals surface area contributed by atoms with E-state index in [0.29, 0.717) is 6.10 Å². The smallest absolute Gasteiger partial charge is 0.225 e. The molecule has 0 aliphatic carbocycles. The highest BCUT2D eigenvalue weighted by Gasteiger charge is 2.20. The van der Waals surface area contributed by atoms with Gasteiger partial charge in [-0.2, -0.15) is 0 Å². The SMILES string of the molecule is COC1CCN(c2ncc(Br)cn2)CC1. The van der Waals surface area contributed by atoms with E-state index in [1.807, 2.05) is 0 Å². The van der Waals surface area contributed by atoms with E-state index in [4.69, 9.17) is 4.74 Å². The third kappa shape index (κ3) is 2.66. The van der Waals surface area contributed by atoms with Gasteiger partial charge < -0.3 is 9.64 Å². The van der Waals surface area contributed by atoms with Crippen LogP contribution >= 0.6 is 15.9 Å². The second-order valence-corrected chi connectivity index (χ2v) is 4.54. The van der Waals surface area contributed by atoms with Crippen LogP contribution in [0.2, 0.25) is 0 Å². The van der Waals surface area contributed by atoms with Crippen molar-refractivity contribution in [1.82, 2.24) is 9.97 Å². The molecule has 0 spiro atoms. The van der Waals surface area contributed by atoms with E-state index in [1.165, 1.54) is 0 Å². The van der Waals surface area contributed by atoms with Crippen molar-refractivity contribution in [2.45, 2.75) is 18.9 Å². The minimum Gasteiger partial charge on any atom is -0.381 e. The van der Waals surface area contributed by atoms with Crippen LogP contribution in [0.5, 0.6) is 0 Å². The molecule has 1 aromatic rings. The third-order valence-corrected chi connectivity index (χ3v) is 3.07. The number of halogens is 1. The zero-order valence-corrected chi connectivity index (χ0v) is 10.3. The average Bonchev–Trinajstić information content (AvgIpc) is 2.30. The second kappa shape index (κ2) is 4.90. The fourth-order valence-corrected chi connectivity index (χ4v) is 1.97. The minimum absolute atomic E-state index is 0.400. The topological polar surface area (TPSA) is 38.2 Å². The molecule has 1 aliphatic heterocycles. The Balaban J connectivity index is 1.98. The molecule has 0 saturated carbocycles. The summed E-state index contributed by atoms with van der Waals surface area (Å²) in [5, 5.41) is 0. The van der Waals surface area contributed by atoms with Crippen LogP contribution in [0.1, 0.15) is 12.8 Å². The first-order valence-electron chi connectivity index (χ1n) is 5.05. The predicted molar refractivity (Wildman–Crippen MR) is 62.0 cm³/mol. The number of rotatable bonds is 2. The lowest BCUT2D eigenvalue weighted by Gasteiger charge is -2.31. The Bertz CT molecular complexity index is 309. The van der Waals surface area contributed by atoms with Gasteiger partial charge >= 0.3 is 0 Å². The van der Waals surface area contributed by atoms with E-state index in [1.54, 1.807) is 19.5 Å². The Hall–Kier alpha value is -0.680. The molecule has 0 N–H and O–H groups in total. The summed E-state index contributed by atoms with van der Waals surface area (Å²) in [7, 11) is 1.77. The van der Waals surface area contributed by atoms with E-state index in [-0.39, 0.29) is 0 Å². The fraction of sp³-hybridized carbons (Fsp3) is 0.600. The highest BCUT2D eigenvalue weighted by molar-refractivity contribution is 9.10. The van der Waals surface area contributed by atoms with Crippen molar-refractivity contribution in [1.29, 1.82) is 0 Å². The summed E-state index contributed by atoms with van der Waals surface area (Å²) in [6, 6.07) is 0. The normalized spacial score (nSPS) is 18.1. The van der Waals surface area contributed by atoms with Gasteiger partial charge in [-0.25, -0.2) is 9.97 Å². The lowest BCUT2D eigenvalue weighted by atomic mass is 10.1. The van der Waals surface area contributed by atoms with Gasteiger partial charge in [0.1, 0.15) is 0 Å². The van der Waals surface area contributed by atoms with Crippen LogP contribution in [-0.4, -0.2) is 36.3 Å². The van der Waals surface area contributed by atoms with E-state index in [2.05, 4.69) is 30.8 Å². The van der Waals surface area contributed by atoms with Crippen molar-refractivity contribution in [2.24, 2.45) is 0 Å². The maximum absolute atomic E-state index is 5.32. The van der Waals surface area contributed by atoms with Gasteiger partial charge in [0, 0.05) is 32.6 Å². The molecule has 0 aromatic carbocycles. The van der Waals surface area contributed by atoms with Gasteiger partial charge in [-0.15, -0.1) is 0 Å². The van der Waals surface area contributed by atoms with Crippen LogP contribution in [-0.2, 0) is 4.74 Å². The first kappa shape index (κ1) is 10.8. The average molecular weight is 272 g/mol. The molecule has 5 heteroatoms. The highest BCUT2D eigenvalue weighted by atomic mass is 79.9. The lowest BCUT2D eigenvalue weighted by Crippen LogP contribution is -2.37. The summed E-state index contributed by atoms with van der Waals surface area (Å²) in [5.41, 5.74) is 0. The molecule has 0 bridgehead atoms. The summed E-state index contributed by atoms with van der Waals surface area (Å²) in [6.07, 6.45) is 6.07. The van der Waals surface area contributed by atoms with Crippen molar-refractivity contribution in [3.63, 3.8) is 0 Å². The third-order valence-electron chi connectivity index (χ3n) is 2.66. The van der Waals surface area contributed by atoms with Gasteiger partial charge in [-0.1, -0.05) is 0 Å². The number of piperidine rings is 1. The molecule has 0 atom stereocenters. The van der Waals surface area contributed by atoms with E-state index in [0.717, 1.165) is 36.4 Å². The van der Waals surface area contributed by atoms with Gasteiger partial charge in [-0.3, -0.25) is 0 Å². The van der Waals surface area contributed by atoms with E-state index < -0.39 is 0 Å². The predicted octanol–water partition coefficient (Wildman–Crippen LogP) is 1.85. The number of hydrogen-bond acceptors (Lipinski definition) is 4. The maximum atomic E-state index is 5.32. The molecule has 0 unspecified atom stereocenters. The number of ether oxygens (including phenoxy) is 1. The molecule has 0 amide bonds. The number of aromatic nitrogens is 2. The van der Waals surface area contributed by atoms with Crippen molar-refractivity contribution < 1.29 is 4.74 Å². The fourth-order valence-electron chi connectivity index (χ4n) is 1.76. The second-order valence-electron chi connectivity index (χ2n) is 3.62. The zero-order valence-electron chi connectivity index (χ0n) is 8.69. The summed E-state index contributed by atoms with van der Waals surface area (Å²) in [6.45, 7) is 1.94. The standard InChI is InChI=1S/C10H14BrN3O/c1-15-9-2-4-14(5-3-9)10-12-6-8(11)7-13-10/h6-7,9H,2-5H2,1H3. The minimum atomic E-state index is 0.400. The van der Waals surface area contributed by atoms with Gasteiger partial charge in [0.05, 0.1) is 10.6 Å². The summed E-state index contributed by atoms with van der Waals surface area (Å²) >= 11 is 3.33. The van der Waals surface area contributed by atoms with Gasteiger partial charge in [0.15, 0.2) is 0 Å². The van der Waals surface area contributed by atoms with Crippen LogP contribution in [0.3, 0.4) is 0 Å². The molecule has 2 heterocycles. The molecule has 1 fully saturated rings. The number of hydrogen-bond donors (Lipinski definition) is 0. The lowest BCUT2D eigenvalue weighted by molar-refractivity contribution is 0.0816. The van der Waals surface area contributed by atoms with E-state index in [9.17, 15) is 0 Å². The Morgan fingerprint density at radius 1 is 1.33 bits per heavy atom. The molecule has 82 valence electrons. The Morgan fingerprint density at radius 2 is 1.93 bits per heavy atom. The van der Waals surface area contributed by atoms with Gasteiger partial charge in [-0.05, 0) is 28.8 Å². The van der Waals surface area contributed by atoms with Crippen molar-refractivity contribution >= 4 is 21.9 Å². The molecule has 2 rings (SSSR count). The molecule has 0 radical (unpaired) electrons. The number of anilines is 1. The zero-order chi connectivity index (χ0) is 10.7. The van der Waals surface area contributed by atoms with Crippen LogP contribution in [0.4, 0.5) is 5.95 Å². The highest BCUT2D eigenvalue weighted by Crippen LogP contribution is 2.18. The van der Waals surface area contributed by atoms with Crippen LogP contribution in [0, 0.1) is 0 Å². The molecular formula is C10H14BrN3O. The Morgan fingerprint density at radius 3 is 2.47 bits per heavy atom. The molecule has 4 nitrogen and oxygen atoms in total. The van der Waals surface area contributed by atoms with Crippen LogP contribution in [0.15, 0.2) is 16.9 Å². The van der Waals surface area contributed by atoms with Crippen LogP contribution < -0.4 is 4.90 Å². The van der Waals surface area contributed by atoms with Crippen molar-refractivity contribution in [2.75, 3.05) is 25.1 Å².